The molecule has 0 saturated heterocycles. The topological polar surface area (TPSA) is 101 Å². The zero-order chi connectivity index (χ0) is 28.3. The number of hydrogen-bond donors (Lipinski definition) is 2. The van der Waals surface area contributed by atoms with Gasteiger partial charge in [0, 0.05) is 25.1 Å². The first kappa shape index (κ1) is 28.7. The first-order valence-corrected chi connectivity index (χ1v) is 13.8. The molecule has 0 spiro atoms. The standard InChI is InChI=1S/C31H35FN4O4/c1-2-40-26-13-6-5-12-25(26)36(29(38)16-9-15-28(37)35-27-14-7-8-21-33-27)30(22-17-19-23(32)20-18-22)31(39)34-24-10-3-4-11-24/h5-8,12-14,17-21,24,30H,2-4,9-11,15-16H2,1H3,(H,34,39)(H,33,35,37)/t30-/m1/s1. The van der Waals surface area contributed by atoms with Crippen LogP contribution in [0.3, 0.4) is 0 Å². The summed E-state index contributed by atoms with van der Waals surface area (Å²) in [5.41, 5.74) is 0.910. The van der Waals surface area contributed by atoms with Crippen LogP contribution in [-0.4, -0.2) is 35.4 Å². The van der Waals surface area contributed by atoms with Gasteiger partial charge in [-0.05, 0) is 68.1 Å². The van der Waals surface area contributed by atoms with Gasteiger partial charge in [-0.15, -0.1) is 0 Å². The van der Waals surface area contributed by atoms with Gasteiger partial charge in [0.05, 0.1) is 12.3 Å². The van der Waals surface area contributed by atoms with E-state index in [0.717, 1.165) is 25.7 Å². The van der Waals surface area contributed by atoms with Crippen molar-refractivity contribution in [3.05, 3.63) is 84.3 Å². The van der Waals surface area contributed by atoms with Crippen molar-refractivity contribution < 1.29 is 23.5 Å². The Hall–Kier alpha value is -4.27. The molecule has 1 fully saturated rings. The van der Waals surface area contributed by atoms with Gasteiger partial charge in [0.1, 0.15) is 23.4 Å². The number of hydrogen-bond acceptors (Lipinski definition) is 5. The second-order valence-corrected chi connectivity index (χ2v) is 9.73. The highest BCUT2D eigenvalue weighted by Crippen LogP contribution is 2.36. The molecule has 1 atom stereocenters. The second kappa shape index (κ2) is 14.2. The lowest BCUT2D eigenvalue weighted by Crippen LogP contribution is -2.46. The highest BCUT2D eigenvalue weighted by Gasteiger charge is 2.35. The lowest BCUT2D eigenvalue weighted by atomic mass is 10.0. The van der Waals surface area contributed by atoms with Crippen LogP contribution in [-0.2, 0) is 14.4 Å². The Morgan fingerprint density at radius 2 is 1.73 bits per heavy atom. The van der Waals surface area contributed by atoms with Crippen LogP contribution in [0.25, 0.3) is 0 Å². The average molecular weight is 547 g/mol. The molecule has 1 aliphatic rings. The summed E-state index contributed by atoms with van der Waals surface area (Å²) in [4.78, 5) is 45.8. The lowest BCUT2D eigenvalue weighted by Gasteiger charge is -2.33. The Morgan fingerprint density at radius 3 is 2.42 bits per heavy atom. The normalized spacial score (nSPS) is 13.8. The number of nitrogens with zero attached hydrogens (tertiary/aromatic N) is 2. The third-order valence-corrected chi connectivity index (χ3v) is 6.81. The van der Waals surface area contributed by atoms with E-state index in [-0.39, 0.29) is 43.0 Å². The van der Waals surface area contributed by atoms with Gasteiger partial charge in [-0.3, -0.25) is 19.3 Å². The largest absolute Gasteiger partial charge is 0.492 e. The maximum absolute atomic E-state index is 13.9. The van der Waals surface area contributed by atoms with Crippen LogP contribution in [0.1, 0.15) is 63.5 Å². The second-order valence-electron chi connectivity index (χ2n) is 9.73. The SMILES string of the molecule is CCOc1ccccc1N(C(=O)CCCC(=O)Nc1ccccn1)[C@@H](C(=O)NC1CCCC1)c1ccc(F)cc1. The van der Waals surface area contributed by atoms with E-state index in [4.69, 9.17) is 4.74 Å². The van der Waals surface area contributed by atoms with Gasteiger partial charge < -0.3 is 15.4 Å². The molecule has 1 heterocycles. The minimum Gasteiger partial charge on any atom is -0.492 e. The summed E-state index contributed by atoms with van der Waals surface area (Å²) < 4.78 is 19.7. The molecule has 210 valence electrons. The minimum atomic E-state index is -1.06. The Bertz CT molecular complexity index is 1280. The molecule has 9 heteroatoms. The van der Waals surface area contributed by atoms with Gasteiger partial charge in [-0.25, -0.2) is 9.37 Å². The summed E-state index contributed by atoms with van der Waals surface area (Å²) in [6.45, 7) is 2.20. The van der Waals surface area contributed by atoms with E-state index >= 15 is 0 Å². The Labute approximate surface area is 233 Å². The predicted molar refractivity (Wildman–Crippen MR) is 151 cm³/mol. The summed E-state index contributed by atoms with van der Waals surface area (Å²) in [5, 5.41) is 5.83. The Balaban J connectivity index is 1.62. The molecule has 40 heavy (non-hydrogen) atoms. The maximum atomic E-state index is 13.9. The van der Waals surface area contributed by atoms with Gasteiger partial charge in [-0.2, -0.15) is 0 Å². The molecule has 3 amide bonds. The van der Waals surface area contributed by atoms with Crippen molar-refractivity contribution in [3.8, 4) is 5.75 Å². The van der Waals surface area contributed by atoms with Gasteiger partial charge in [0.2, 0.25) is 17.7 Å². The van der Waals surface area contributed by atoms with Crippen LogP contribution in [0.2, 0.25) is 0 Å². The summed E-state index contributed by atoms with van der Waals surface area (Å²) in [7, 11) is 0. The van der Waals surface area contributed by atoms with Crippen molar-refractivity contribution >= 4 is 29.2 Å². The summed E-state index contributed by atoms with van der Waals surface area (Å²) >= 11 is 0. The van der Waals surface area contributed by atoms with Crippen LogP contribution in [0.5, 0.6) is 5.75 Å². The molecule has 1 saturated carbocycles. The number of carbonyl (C=O) groups is 3. The van der Waals surface area contributed by atoms with Gasteiger partial charge in [0.15, 0.2) is 0 Å². The van der Waals surface area contributed by atoms with Crippen LogP contribution in [0.4, 0.5) is 15.9 Å². The fraction of sp³-hybridized carbons (Fsp3) is 0.355. The Kier molecular flexibility index (Phi) is 10.2. The number of benzene rings is 2. The maximum Gasteiger partial charge on any atom is 0.248 e. The number of nitrogens with one attached hydrogen (secondary N) is 2. The van der Waals surface area contributed by atoms with E-state index in [1.54, 1.807) is 48.7 Å². The average Bonchev–Trinajstić information content (AvgIpc) is 3.46. The summed E-state index contributed by atoms with van der Waals surface area (Å²) in [6.07, 6.45) is 5.74. The van der Waals surface area contributed by atoms with Crippen molar-refractivity contribution in [1.82, 2.24) is 10.3 Å². The summed E-state index contributed by atoms with van der Waals surface area (Å²) in [6, 6.07) is 16.8. The van der Waals surface area contributed by atoms with Gasteiger partial charge in [0.25, 0.3) is 0 Å². The number of rotatable bonds is 12. The first-order valence-electron chi connectivity index (χ1n) is 13.8. The smallest absolute Gasteiger partial charge is 0.248 e. The number of carbonyl (C=O) groups excluding carboxylic acids is 3. The third kappa shape index (κ3) is 7.65. The predicted octanol–water partition coefficient (Wildman–Crippen LogP) is 5.56. The van der Waals surface area contributed by atoms with E-state index in [1.165, 1.54) is 29.2 Å². The molecule has 0 bridgehead atoms. The number of halogens is 1. The minimum absolute atomic E-state index is 0.00447. The van der Waals surface area contributed by atoms with Crippen molar-refractivity contribution in [1.29, 1.82) is 0 Å². The quantitative estimate of drug-likeness (QED) is 0.310. The van der Waals surface area contributed by atoms with Crippen LogP contribution in [0, 0.1) is 5.82 Å². The highest BCUT2D eigenvalue weighted by atomic mass is 19.1. The molecule has 0 radical (unpaired) electrons. The molecule has 2 aromatic carbocycles. The molecular weight excluding hydrogens is 511 g/mol. The number of ether oxygens (including phenoxy) is 1. The number of para-hydroxylation sites is 2. The van der Waals surface area contributed by atoms with Crippen LogP contribution < -0.4 is 20.3 Å². The number of amides is 3. The number of aromatic nitrogens is 1. The van der Waals surface area contributed by atoms with Gasteiger partial charge >= 0.3 is 0 Å². The van der Waals surface area contributed by atoms with E-state index in [9.17, 15) is 18.8 Å². The van der Waals surface area contributed by atoms with Crippen LogP contribution >= 0.6 is 0 Å². The zero-order valence-corrected chi connectivity index (χ0v) is 22.6. The van der Waals surface area contributed by atoms with E-state index < -0.39 is 11.9 Å². The molecule has 3 aromatic rings. The molecule has 2 N–H and O–H groups in total. The fourth-order valence-corrected chi connectivity index (χ4v) is 4.93. The van der Waals surface area contributed by atoms with Crippen molar-refractivity contribution in [2.45, 2.75) is 64.0 Å². The highest BCUT2D eigenvalue weighted by molar-refractivity contribution is 6.02. The Morgan fingerprint density at radius 1 is 1.00 bits per heavy atom. The van der Waals surface area contributed by atoms with Crippen molar-refractivity contribution in [2.75, 3.05) is 16.8 Å². The molecule has 1 aliphatic carbocycles. The molecule has 0 aliphatic heterocycles. The lowest BCUT2D eigenvalue weighted by molar-refractivity contribution is -0.127. The number of anilines is 2. The van der Waals surface area contributed by atoms with E-state index in [2.05, 4.69) is 15.6 Å². The zero-order valence-electron chi connectivity index (χ0n) is 22.6. The third-order valence-electron chi connectivity index (χ3n) is 6.81. The summed E-state index contributed by atoms with van der Waals surface area (Å²) in [5.74, 6) is -0.509. The number of pyridine rings is 1. The first-order chi connectivity index (χ1) is 19.5. The molecule has 4 rings (SSSR count). The molecular formula is C31H35FN4O4. The van der Waals surface area contributed by atoms with E-state index in [1.807, 2.05) is 6.92 Å². The monoisotopic (exact) mass is 546 g/mol. The fourth-order valence-electron chi connectivity index (χ4n) is 4.93. The van der Waals surface area contributed by atoms with Crippen molar-refractivity contribution in [3.63, 3.8) is 0 Å². The van der Waals surface area contributed by atoms with Crippen molar-refractivity contribution in [2.24, 2.45) is 0 Å². The molecule has 1 aromatic heterocycles. The van der Waals surface area contributed by atoms with E-state index in [0.29, 0.717) is 29.4 Å². The van der Waals surface area contributed by atoms with Crippen LogP contribution in [0.15, 0.2) is 72.9 Å². The van der Waals surface area contributed by atoms with Gasteiger partial charge in [-0.1, -0.05) is 43.2 Å². The molecule has 8 nitrogen and oxygen atoms in total. The molecule has 0 unspecified atom stereocenters.